The van der Waals surface area contributed by atoms with Crippen molar-refractivity contribution in [3.8, 4) is 0 Å². The van der Waals surface area contributed by atoms with Gasteiger partial charge in [-0.25, -0.2) is 9.97 Å². The molecule has 0 radical (unpaired) electrons. The van der Waals surface area contributed by atoms with E-state index in [-0.39, 0.29) is 5.78 Å². The maximum Gasteiger partial charge on any atom is 0.188 e. The SMILES string of the molecule is C/C=C/C(=O)c1cncnc1. The number of carbonyl (C=O) groups excluding carboxylic acids is 1. The van der Waals surface area contributed by atoms with Crippen molar-refractivity contribution in [2.75, 3.05) is 0 Å². The van der Waals surface area contributed by atoms with E-state index < -0.39 is 0 Å². The van der Waals surface area contributed by atoms with E-state index in [1.165, 1.54) is 24.8 Å². The Kier molecular flexibility index (Phi) is 2.49. The smallest absolute Gasteiger partial charge is 0.188 e. The van der Waals surface area contributed by atoms with Crippen LogP contribution in [-0.4, -0.2) is 15.8 Å². The molecule has 1 aromatic rings. The molecule has 0 aromatic carbocycles. The monoisotopic (exact) mass is 148 g/mol. The zero-order chi connectivity index (χ0) is 8.10. The van der Waals surface area contributed by atoms with Crippen molar-refractivity contribution in [1.82, 2.24) is 9.97 Å². The molecule has 0 aliphatic carbocycles. The fourth-order valence-corrected chi connectivity index (χ4v) is 0.674. The lowest BCUT2D eigenvalue weighted by Crippen LogP contribution is -1.95. The Morgan fingerprint density at radius 3 is 2.64 bits per heavy atom. The van der Waals surface area contributed by atoms with Crippen molar-refractivity contribution < 1.29 is 4.79 Å². The highest BCUT2D eigenvalue weighted by Crippen LogP contribution is 1.95. The first-order valence-electron chi connectivity index (χ1n) is 3.26. The predicted molar refractivity (Wildman–Crippen MR) is 41.2 cm³/mol. The Balaban J connectivity index is 2.86. The molecule has 0 unspecified atom stereocenters. The van der Waals surface area contributed by atoms with Crippen LogP contribution in [0.15, 0.2) is 30.9 Å². The van der Waals surface area contributed by atoms with Gasteiger partial charge in [-0.15, -0.1) is 0 Å². The number of rotatable bonds is 2. The van der Waals surface area contributed by atoms with Gasteiger partial charge in [-0.1, -0.05) is 6.08 Å². The first-order chi connectivity index (χ1) is 5.34. The summed E-state index contributed by atoms with van der Waals surface area (Å²) in [6.07, 6.45) is 7.56. The minimum Gasteiger partial charge on any atom is -0.289 e. The van der Waals surface area contributed by atoms with Crippen molar-refractivity contribution in [3.63, 3.8) is 0 Å². The van der Waals surface area contributed by atoms with E-state index in [4.69, 9.17) is 0 Å². The summed E-state index contributed by atoms with van der Waals surface area (Å²) in [6.45, 7) is 1.79. The fraction of sp³-hybridized carbons (Fsp3) is 0.125. The molecule has 11 heavy (non-hydrogen) atoms. The molecule has 3 heteroatoms. The van der Waals surface area contributed by atoms with Crippen molar-refractivity contribution in [3.05, 3.63) is 36.4 Å². The molecule has 0 bridgehead atoms. The summed E-state index contributed by atoms with van der Waals surface area (Å²) in [7, 11) is 0. The number of ketones is 1. The maximum atomic E-state index is 11.1. The van der Waals surface area contributed by atoms with Crippen molar-refractivity contribution in [2.45, 2.75) is 6.92 Å². The van der Waals surface area contributed by atoms with Crippen LogP contribution in [0.25, 0.3) is 0 Å². The molecule has 1 rings (SSSR count). The van der Waals surface area contributed by atoms with Gasteiger partial charge in [0, 0.05) is 12.4 Å². The molecule has 0 atom stereocenters. The van der Waals surface area contributed by atoms with Gasteiger partial charge in [0.15, 0.2) is 5.78 Å². The zero-order valence-electron chi connectivity index (χ0n) is 6.19. The molecule has 1 aromatic heterocycles. The standard InChI is InChI=1S/C8H8N2O/c1-2-3-8(11)7-4-9-6-10-5-7/h2-6H,1H3/b3-2+. The first-order valence-corrected chi connectivity index (χ1v) is 3.26. The highest BCUT2D eigenvalue weighted by Gasteiger charge is 1.98. The van der Waals surface area contributed by atoms with E-state index in [9.17, 15) is 4.79 Å². The molecule has 0 aliphatic rings. The van der Waals surface area contributed by atoms with E-state index in [1.807, 2.05) is 0 Å². The number of aromatic nitrogens is 2. The second kappa shape index (κ2) is 3.61. The lowest BCUT2D eigenvalue weighted by molar-refractivity contribution is 0.104. The molecule has 0 N–H and O–H groups in total. The summed E-state index contributed by atoms with van der Waals surface area (Å²) in [5.41, 5.74) is 0.519. The molecule has 3 nitrogen and oxygen atoms in total. The molecule has 1 heterocycles. The molecule has 0 amide bonds. The number of hydrogen-bond donors (Lipinski definition) is 0. The molecule has 0 spiro atoms. The van der Waals surface area contributed by atoms with Crippen molar-refractivity contribution in [2.24, 2.45) is 0 Å². The minimum absolute atomic E-state index is 0.0619. The minimum atomic E-state index is -0.0619. The molecule has 0 aliphatic heterocycles. The van der Waals surface area contributed by atoms with Gasteiger partial charge in [-0.05, 0) is 13.0 Å². The maximum absolute atomic E-state index is 11.1. The second-order valence-electron chi connectivity index (χ2n) is 1.99. The van der Waals surface area contributed by atoms with E-state index in [1.54, 1.807) is 13.0 Å². The van der Waals surface area contributed by atoms with Crippen LogP contribution >= 0.6 is 0 Å². The average molecular weight is 148 g/mol. The third kappa shape index (κ3) is 1.97. The summed E-state index contributed by atoms with van der Waals surface area (Å²) in [6, 6.07) is 0. The molecule has 56 valence electrons. The van der Waals surface area contributed by atoms with Gasteiger partial charge in [0.2, 0.25) is 0 Å². The summed E-state index contributed by atoms with van der Waals surface area (Å²) < 4.78 is 0. The lowest BCUT2D eigenvalue weighted by Gasteiger charge is -1.90. The molecule has 0 fully saturated rings. The predicted octanol–water partition coefficient (Wildman–Crippen LogP) is 1.24. The van der Waals surface area contributed by atoms with Gasteiger partial charge >= 0.3 is 0 Å². The number of carbonyl (C=O) groups is 1. The first kappa shape index (κ1) is 7.60. The van der Waals surface area contributed by atoms with Crippen LogP contribution in [0.3, 0.4) is 0 Å². The van der Waals surface area contributed by atoms with Crippen LogP contribution in [0, 0.1) is 0 Å². The molecule has 0 saturated carbocycles. The van der Waals surface area contributed by atoms with E-state index >= 15 is 0 Å². The highest BCUT2D eigenvalue weighted by molar-refractivity contribution is 6.03. The van der Waals surface area contributed by atoms with Gasteiger partial charge in [0.1, 0.15) is 6.33 Å². The van der Waals surface area contributed by atoms with Gasteiger partial charge < -0.3 is 0 Å². The summed E-state index contributed by atoms with van der Waals surface area (Å²) in [5, 5.41) is 0. The fourth-order valence-electron chi connectivity index (χ4n) is 0.674. The largest absolute Gasteiger partial charge is 0.289 e. The lowest BCUT2D eigenvalue weighted by atomic mass is 10.2. The van der Waals surface area contributed by atoms with Gasteiger partial charge in [-0.3, -0.25) is 4.79 Å². The van der Waals surface area contributed by atoms with Crippen LogP contribution in [0.5, 0.6) is 0 Å². The highest BCUT2D eigenvalue weighted by atomic mass is 16.1. The topological polar surface area (TPSA) is 42.9 Å². The Morgan fingerprint density at radius 2 is 2.09 bits per heavy atom. The number of hydrogen-bond acceptors (Lipinski definition) is 3. The normalized spacial score (nSPS) is 10.3. The number of nitrogens with zero attached hydrogens (tertiary/aromatic N) is 2. The van der Waals surface area contributed by atoms with Crippen LogP contribution in [0.1, 0.15) is 17.3 Å². The van der Waals surface area contributed by atoms with Gasteiger partial charge in [0.25, 0.3) is 0 Å². The van der Waals surface area contributed by atoms with Crippen molar-refractivity contribution >= 4 is 5.78 Å². The summed E-state index contributed by atoms with van der Waals surface area (Å²) in [5.74, 6) is -0.0619. The third-order valence-electron chi connectivity index (χ3n) is 1.16. The van der Waals surface area contributed by atoms with Crippen LogP contribution in [-0.2, 0) is 0 Å². The van der Waals surface area contributed by atoms with Crippen LogP contribution in [0.4, 0.5) is 0 Å². The van der Waals surface area contributed by atoms with E-state index in [0.29, 0.717) is 5.56 Å². The number of allylic oxidation sites excluding steroid dienone is 2. The Bertz CT molecular complexity index is 267. The molecular weight excluding hydrogens is 140 g/mol. The molecule has 0 saturated heterocycles. The zero-order valence-corrected chi connectivity index (χ0v) is 6.19. The Morgan fingerprint density at radius 1 is 1.45 bits per heavy atom. The molecular formula is C8H8N2O. The second-order valence-corrected chi connectivity index (χ2v) is 1.99. The van der Waals surface area contributed by atoms with Crippen LogP contribution in [0.2, 0.25) is 0 Å². The summed E-state index contributed by atoms with van der Waals surface area (Å²) in [4.78, 5) is 18.5. The average Bonchev–Trinajstić information content (AvgIpc) is 2.07. The van der Waals surface area contributed by atoms with Gasteiger partial charge in [0.05, 0.1) is 5.56 Å². The van der Waals surface area contributed by atoms with E-state index in [0.717, 1.165) is 0 Å². The van der Waals surface area contributed by atoms with Gasteiger partial charge in [-0.2, -0.15) is 0 Å². The van der Waals surface area contributed by atoms with Crippen LogP contribution < -0.4 is 0 Å². The van der Waals surface area contributed by atoms with E-state index in [2.05, 4.69) is 9.97 Å². The Hall–Kier alpha value is -1.51. The summed E-state index contributed by atoms with van der Waals surface area (Å²) >= 11 is 0. The quantitative estimate of drug-likeness (QED) is 0.468. The Labute approximate surface area is 64.8 Å². The van der Waals surface area contributed by atoms with Crippen molar-refractivity contribution in [1.29, 1.82) is 0 Å². The third-order valence-corrected chi connectivity index (χ3v) is 1.16.